The number of anilines is 2. The van der Waals surface area contributed by atoms with Crippen molar-refractivity contribution in [3.8, 4) is 11.4 Å². The molecule has 4 rings (SSSR count). The van der Waals surface area contributed by atoms with E-state index in [1.807, 2.05) is 54.6 Å². The topological polar surface area (TPSA) is 132 Å². The quantitative estimate of drug-likeness (QED) is 0.347. The number of aromatic nitrogens is 4. The lowest BCUT2D eigenvalue weighted by Gasteiger charge is -2.24. The van der Waals surface area contributed by atoms with E-state index < -0.39 is 11.2 Å². The number of ether oxygens (including phenoxy) is 1. The second kappa shape index (κ2) is 11.0. The van der Waals surface area contributed by atoms with Gasteiger partial charge in [0.15, 0.2) is 0 Å². The molecule has 3 N–H and O–H groups in total. The molecule has 0 aliphatic heterocycles. The van der Waals surface area contributed by atoms with E-state index in [1.54, 1.807) is 12.0 Å². The van der Waals surface area contributed by atoms with Gasteiger partial charge in [-0.2, -0.15) is 4.98 Å². The third-order valence-electron chi connectivity index (χ3n) is 5.91. The second-order valence-corrected chi connectivity index (χ2v) is 8.77. The Morgan fingerprint density at radius 1 is 1.11 bits per heavy atom. The molecular formula is C26H30N6O4. The highest BCUT2D eigenvalue weighted by Crippen LogP contribution is 2.23. The van der Waals surface area contributed by atoms with E-state index in [1.165, 1.54) is 10.1 Å². The molecule has 0 aliphatic carbocycles. The number of benzene rings is 2. The van der Waals surface area contributed by atoms with E-state index >= 15 is 0 Å². The summed E-state index contributed by atoms with van der Waals surface area (Å²) in [6.45, 7) is 5.21. The third kappa shape index (κ3) is 5.55. The van der Waals surface area contributed by atoms with E-state index in [0.29, 0.717) is 30.8 Å². The highest BCUT2D eigenvalue weighted by Gasteiger charge is 2.22. The van der Waals surface area contributed by atoms with Gasteiger partial charge in [0, 0.05) is 19.2 Å². The first kappa shape index (κ1) is 24.9. The highest BCUT2D eigenvalue weighted by atomic mass is 16.5. The minimum atomic E-state index is -0.595. The van der Waals surface area contributed by atoms with Gasteiger partial charge >= 0.3 is 5.69 Å². The Bertz CT molecular complexity index is 1410. The predicted octanol–water partition coefficient (Wildman–Crippen LogP) is 2.99. The van der Waals surface area contributed by atoms with Gasteiger partial charge in [-0.1, -0.05) is 73.6 Å². The molecule has 0 aliphatic rings. The molecular weight excluding hydrogens is 460 g/mol. The molecule has 0 saturated heterocycles. The molecule has 36 heavy (non-hydrogen) atoms. The van der Waals surface area contributed by atoms with E-state index in [9.17, 15) is 9.59 Å². The maximum Gasteiger partial charge on any atom is 0.330 e. The average molecular weight is 491 g/mol. The van der Waals surface area contributed by atoms with E-state index in [0.717, 1.165) is 11.1 Å². The molecule has 4 aromatic rings. The number of nitrogens with zero attached hydrogens (tertiary/aromatic N) is 4. The maximum absolute atomic E-state index is 12.9. The largest absolute Gasteiger partial charge is 0.383 e. The van der Waals surface area contributed by atoms with Crippen molar-refractivity contribution in [2.24, 2.45) is 0 Å². The fourth-order valence-electron chi connectivity index (χ4n) is 3.89. The van der Waals surface area contributed by atoms with Crippen LogP contribution in [0, 0.1) is 0 Å². The van der Waals surface area contributed by atoms with Crippen LogP contribution < -0.4 is 21.9 Å². The molecule has 2 aromatic carbocycles. The lowest BCUT2D eigenvalue weighted by Crippen LogP contribution is -2.39. The van der Waals surface area contributed by atoms with Gasteiger partial charge in [0.25, 0.3) is 5.56 Å². The number of nitrogens with two attached hydrogens (primary N) is 1. The molecule has 0 radical (unpaired) electrons. The highest BCUT2D eigenvalue weighted by molar-refractivity contribution is 5.62. The van der Waals surface area contributed by atoms with Crippen molar-refractivity contribution >= 4 is 11.5 Å². The summed E-state index contributed by atoms with van der Waals surface area (Å²) in [7, 11) is 1.56. The molecule has 0 spiro atoms. The van der Waals surface area contributed by atoms with E-state index in [4.69, 9.17) is 15.0 Å². The molecule has 0 bridgehead atoms. The van der Waals surface area contributed by atoms with Gasteiger partial charge in [-0.25, -0.2) is 4.79 Å². The number of nitrogen functional groups attached to an aromatic ring is 1. The molecule has 188 valence electrons. The number of H-pyrrole nitrogens is 1. The van der Waals surface area contributed by atoms with Gasteiger partial charge in [-0.05, 0) is 17.0 Å². The first-order valence-corrected chi connectivity index (χ1v) is 11.7. The summed E-state index contributed by atoms with van der Waals surface area (Å²) in [5, 5.41) is 4.10. The van der Waals surface area contributed by atoms with Gasteiger partial charge in [-0.3, -0.25) is 14.3 Å². The molecule has 0 atom stereocenters. The first-order chi connectivity index (χ1) is 17.4. The molecule has 0 fully saturated rings. The summed E-state index contributed by atoms with van der Waals surface area (Å²) in [5.74, 6) is 1.22. The van der Waals surface area contributed by atoms with Gasteiger partial charge < -0.3 is 19.9 Å². The van der Waals surface area contributed by atoms with Crippen LogP contribution in [0.1, 0.15) is 36.8 Å². The molecule has 2 heterocycles. The predicted molar refractivity (Wildman–Crippen MR) is 138 cm³/mol. The van der Waals surface area contributed by atoms with Gasteiger partial charge in [-0.15, -0.1) is 0 Å². The number of methoxy groups -OCH3 is 1. The Balaban J connectivity index is 1.65. The SMILES string of the molecule is COCCN(Cc1nc(-c2ccc(C(C)C)cc2)no1)c1c(N)n(Cc2ccccc2)c(=O)[nH]c1=O. The van der Waals surface area contributed by atoms with Gasteiger partial charge in [0.05, 0.1) is 19.7 Å². The standard InChI is InChI=1S/C26H30N6O4/c1-17(2)19-9-11-20(12-10-19)24-28-21(36-30-24)16-31(13-14-35-3)22-23(27)32(26(34)29-25(22)33)15-18-7-5-4-6-8-18/h4-12,17H,13-16,27H2,1-3H3,(H,29,33,34). The van der Waals surface area contributed by atoms with Crippen LogP contribution in [0.4, 0.5) is 11.5 Å². The van der Waals surface area contributed by atoms with Crippen molar-refractivity contribution in [3.63, 3.8) is 0 Å². The van der Waals surface area contributed by atoms with Crippen LogP contribution in [0.25, 0.3) is 11.4 Å². The van der Waals surface area contributed by atoms with Gasteiger partial charge in [0.1, 0.15) is 11.5 Å². The zero-order valence-corrected chi connectivity index (χ0v) is 20.6. The molecule has 0 amide bonds. The first-order valence-electron chi connectivity index (χ1n) is 11.7. The number of aromatic amines is 1. The minimum Gasteiger partial charge on any atom is -0.383 e. The van der Waals surface area contributed by atoms with Crippen LogP contribution in [0.15, 0.2) is 68.7 Å². The maximum atomic E-state index is 12.9. The van der Waals surface area contributed by atoms with Crippen molar-refractivity contribution < 1.29 is 9.26 Å². The fourth-order valence-corrected chi connectivity index (χ4v) is 3.89. The van der Waals surface area contributed by atoms with Crippen molar-refractivity contribution in [3.05, 3.63) is 92.5 Å². The summed E-state index contributed by atoms with van der Waals surface area (Å²) < 4.78 is 12.1. The van der Waals surface area contributed by atoms with Crippen LogP contribution in [0.5, 0.6) is 0 Å². The van der Waals surface area contributed by atoms with Crippen molar-refractivity contribution in [1.29, 1.82) is 0 Å². The summed E-state index contributed by atoms with van der Waals surface area (Å²) in [6, 6.07) is 17.4. The zero-order valence-electron chi connectivity index (χ0n) is 20.6. The third-order valence-corrected chi connectivity index (χ3v) is 5.91. The molecule has 0 unspecified atom stereocenters. The number of nitrogens with one attached hydrogen (secondary N) is 1. The van der Waals surface area contributed by atoms with Crippen LogP contribution in [-0.4, -0.2) is 40.0 Å². The van der Waals surface area contributed by atoms with Crippen LogP contribution >= 0.6 is 0 Å². The summed E-state index contributed by atoms with van der Waals surface area (Å²) >= 11 is 0. The number of rotatable bonds is 10. The fraction of sp³-hybridized carbons (Fsp3) is 0.308. The smallest absolute Gasteiger partial charge is 0.330 e. The van der Waals surface area contributed by atoms with E-state index in [2.05, 4.69) is 29.0 Å². The van der Waals surface area contributed by atoms with Crippen molar-refractivity contribution in [2.75, 3.05) is 30.9 Å². The molecule has 10 heteroatoms. The van der Waals surface area contributed by atoms with Crippen LogP contribution in [0.2, 0.25) is 0 Å². The summed E-state index contributed by atoms with van der Waals surface area (Å²) in [6.07, 6.45) is 0. The number of hydrogen-bond donors (Lipinski definition) is 2. The Kier molecular flexibility index (Phi) is 7.65. The van der Waals surface area contributed by atoms with Crippen LogP contribution in [0.3, 0.4) is 0 Å². The molecule has 0 saturated carbocycles. The van der Waals surface area contributed by atoms with Gasteiger partial charge in [0.2, 0.25) is 11.7 Å². The Morgan fingerprint density at radius 3 is 2.50 bits per heavy atom. The zero-order chi connectivity index (χ0) is 25.7. The van der Waals surface area contributed by atoms with E-state index in [-0.39, 0.29) is 24.6 Å². The lowest BCUT2D eigenvalue weighted by molar-refractivity contribution is 0.204. The molecule has 10 nitrogen and oxygen atoms in total. The Morgan fingerprint density at radius 2 is 1.83 bits per heavy atom. The second-order valence-electron chi connectivity index (χ2n) is 8.77. The average Bonchev–Trinajstić information content (AvgIpc) is 3.34. The lowest BCUT2D eigenvalue weighted by atomic mass is 10.0. The summed E-state index contributed by atoms with van der Waals surface area (Å²) in [5.41, 5.74) is 8.27. The number of hydrogen-bond acceptors (Lipinski definition) is 8. The Labute approximate surface area is 208 Å². The molecule has 2 aromatic heterocycles. The Hall–Kier alpha value is -4.18. The normalized spacial score (nSPS) is 11.2. The van der Waals surface area contributed by atoms with Crippen LogP contribution in [-0.2, 0) is 17.8 Å². The minimum absolute atomic E-state index is 0.0488. The monoisotopic (exact) mass is 490 g/mol. The van der Waals surface area contributed by atoms with Crippen molar-refractivity contribution in [1.82, 2.24) is 19.7 Å². The summed E-state index contributed by atoms with van der Waals surface area (Å²) in [4.78, 5) is 34.0. The van der Waals surface area contributed by atoms with Crippen molar-refractivity contribution in [2.45, 2.75) is 32.9 Å².